The number of nitriles is 1. The van der Waals surface area contributed by atoms with Gasteiger partial charge in [-0.15, -0.1) is 0 Å². The van der Waals surface area contributed by atoms with Crippen molar-refractivity contribution in [2.24, 2.45) is 7.05 Å². The molecule has 3 rings (SSSR count). The maximum absolute atomic E-state index is 11.9. The van der Waals surface area contributed by atoms with E-state index in [0.29, 0.717) is 23.3 Å². The smallest absolute Gasteiger partial charge is 0.339 e. The summed E-state index contributed by atoms with van der Waals surface area (Å²) in [6.45, 7) is 2.06. The number of pyridine rings is 1. The molecule has 0 spiro atoms. The lowest BCUT2D eigenvalue weighted by atomic mass is 10.1. The molecule has 3 aromatic rings. The minimum absolute atomic E-state index is 0.306. The van der Waals surface area contributed by atoms with Crippen molar-refractivity contribution in [2.75, 3.05) is 6.61 Å². The fourth-order valence-corrected chi connectivity index (χ4v) is 2.74. The number of esters is 1. The number of para-hydroxylation sites is 1. The first kappa shape index (κ1) is 14.8. The van der Waals surface area contributed by atoms with E-state index >= 15 is 0 Å². The molecule has 0 aliphatic rings. The van der Waals surface area contributed by atoms with Crippen LogP contribution < -0.4 is 0 Å². The van der Waals surface area contributed by atoms with Gasteiger partial charge in [-0.05, 0) is 19.1 Å². The zero-order valence-electron chi connectivity index (χ0n) is 12.9. The molecule has 0 N–H and O–H groups in total. The molecule has 2 aromatic heterocycles. The fraction of sp³-hybridized carbons (Fsp3) is 0.167. The van der Waals surface area contributed by atoms with Gasteiger partial charge in [-0.1, -0.05) is 18.2 Å². The summed E-state index contributed by atoms with van der Waals surface area (Å²) in [7, 11) is 1.90. The summed E-state index contributed by atoms with van der Waals surface area (Å²) in [4.78, 5) is 16.0. The first-order chi connectivity index (χ1) is 11.2. The summed E-state index contributed by atoms with van der Waals surface area (Å²) in [5.74, 6) is -0.417. The number of rotatable bonds is 3. The lowest BCUT2D eigenvalue weighted by Crippen LogP contribution is -2.05. The minimum Gasteiger partial charge on any atom is -0.462 e. The summed E-state index contributed by atoms with van der Waals surface area (Å²) >= 11 is 0. The summed E-state index contributed by atoms with van der Waals surface area (Å²) in [5, 5.41) is 10.5. The topological polar surface area (TPSA) is 67.9 Å². The normalized spacial score (nSPS) is 10.5. The van der Waals surface area contributed by atoms with Crippen molar-refractivity contribution >= 4 is 16.9 Å². The molecular weight excluding hydrogens is 290 g/mol. The third-order valence-corrected chi connectivity index (χ3v) is 3.74. The second-order valence-electron chi connectivity index (χ2n) is 5.09. The first-order valence-corrected chi connectivity index (χ1v) is 7.27. The summed E-state index contributed by atoms with van der Waals surface area (Å²) in [6.07, 6.45) is 3.12. The lowest BCUT2D eigenvalue weighted by Gasteiger charge is -2.07. The highest BCUT2D eigenvalue weighted by atomic mass is 16.5. The Labute approximate surface area is 133 Å². The van der Waals surface area contributed by atoms with Gasteiger partial charge >= 0.3 is 5.97 Å². The summed E-state index contributed by atoms with van der Waals surface area (Å²) in [5.41, 5.74) is 3.36. The zero-order valence-corrected chi connectivity index (χ0v) is 12.9. The number of benzene rings is 1. The van der Waals surface area contributed by atoms with Crippen LogP contribution in [-0.4, -0.2) is 22.1 Å². The second kappa shape index (κ2) is 5.93. The van der Waals surface area contributed by atoms with Crippen LogP contribution in [0, 0.1) is 11.3 Å². The molecule has 0 fully saturated rings. The molecular formula is C18H15N3O2. The largest absolute Gasteiger partial charge is 0.462 e. The highest BCUT2D eigenvalue weighted by Crippen LogP contribution is 2.32. The maximum Gasteiger partial charge on any atom is 0.339 e. The van der Waals surface area contributed by atoms with E-state index in [1.54, 1.807) is 19.2 Å². The van der Waals surface area contributed by atoms with Crippen LogP contribution in [0.1, 0.15) is 22.8 Å². The maximum atomic E-state index is 11.9. The Balaban J connectivity index is 2.22. The predicted molar refractivity (Wildman–Crippen MR) is 86.8 cm³/mol. The number of carbonyl (C=O) groups is 1. The number of carbonyl (C=O) groups excluding carboxylic acids is 1. The van der Waals surface area contributed by atoms with E-state index in [0.717, 1.165) is 16.6 Å². The van der Waals surface area contributed by atoms with Gasteiger partial charge in [0, 0.05) is 35.9 Å². The van der Waals surface area contributed by atoms with Crippen molar-refractivity contribution in [2.45, 2.75) is 6.92 Å². The SMILES string of the molecule is CCOC(=O)c1cncc(-c2c(C#N)c3ccccc3n2C)c1. The van der Waals surface area contributed by atoms with E-state index < -0.39 is 5.97 Å². The third kappa shape index (κ3) is 2.44. The fourth-order valence-electron chi connectivity index (χ4n) is 2.74. The van der Waals surface area contributed by atoms with Crippen molar-refractivity contribution in [3.63, 3.8) is 0 Å². The molecule has 0 amide bonds. The van der Waals surface area contributed by atoms with E-state index in [1.165, 1.54) is 6.20 Å². The van der Waals surface area contributed by atoms with Crippen molar-refractivity contribution < 1.29 is 9.53 Å². The molecule has 0 unspecified atom stereocenters. The van der Waals surface area contributed by atoms with E-state index in [1.807, 2.05) is 35.9 Å². The van der Waals surface area contributed by atoms with Gasteiger partial charge < -0.3 is 9.30 Å². The van der Waals surface area contributed by atoms with Gasteiger partial charge in [0.15, 0.2) is 0 Å². The van der Waals surface area contributed by atoms with Gasteiger partial charge in [0.25, 0.3) is 0 Å². The van der Waals surface area contributed by atoms with Crippen LogP contribution in [0.15, 0.2) is 42.7 Å². The highest BCUT2D eigenvalue weighted by molar-refractivity contribution is 5.96. The molecule has 0 aliphatic carbocycles. The van der Waals surface area contributed by atoms with Gasteiger partial charge in [0.1, 0.15) is 6.07 Å². The van der Waals surface area contributed by atoms with Gasteiger partial charge in [-0.3, -0.25) is 4.98 Å². The number of hydrogen-bond donors (Lipinski definition) is 0. The quantitative estimate of drug-likeness (QED) is 0.696. The third-order valence-electron chi connectivity index (χ3n) is 3.74. The molecule has 0 radical (unpaired) electrons. The Bertz CT molecular complexity index is 935. The van der Waals surface area contributed by atoms with Crippen molar-refractivity contribution in [1.29, 1.82) is 5.26 Å². The summed E-state index contributed by atoms with van der Waals surface area (Å²) < 4.78 is 6.96. The van der Waals surface area contributed by atoms with Gasteiger partial charge in [-0.2, -0.15) is 5.26 Å². The minimum atomic E-state index is -0.417. The Hall–Kier alpha value is -3.13. The Kier molecular flexibility index (Phi) is 3.82. The van der Waals surface area contributed by atoms with Gasteiger partial charge in [-0.25, -0.2) is 4.79 Å². The molecule has 0 saturated heterocycles. The number of aromatic nitrogens is 2. The van der Waals surface area contributed by atoms with Crippen molar-refractivity contribution in [1.82, 2.24) is 9.55 Å². The first-order valence-electron chi connectivity index (χ1n) is 7.27. The zero-order chi connectivity index (χ0) is 16.4. The van der Waals surface area contributed by atoms with Gasteiger partial charge in [0.2, 0.25) is 0 Å². The number of hydrogen-bond acceptors (Lipinski definition) is 4. The number of aryl methyl sites for hydroxylation is 1. The van der Waals surface area contributed by atoms with Crippen LogP contribution >= 0.6 is 0 Å². The van der Waals surface area contributed by atoms with E-state index in [9.17, 15) is 10.1 Å². The Morgan fingerprint density at radius 2 is 2.13 bits per heavy atom. The van der Waals surface area contributed by atoms with Crippen LogP contribution in [0.25, 0.3) is 22.2 Å². The van der Waals surface area contributed by atoms with Gasteiger partial charge in [0.05, 0.1) is 23.4 Å². The monoisotopic (exact) mass is 305 g/mol. The van der Waals surface area contributed by atoms with Crippen LogP contribution in [0.5, 0.6) is 0 Å². The average molecular weight is 305 g/mol. The second-order valence-corrected chi connectivity index (χ2v) is 5.09. The predicted octanol–water partition coefficient (Wildman–Crippen LogP) is 3.29. The Morgan fingerprint density at radius 1 is 1.35 bits per heavy atom. The molecule has 0 saturated carbocycles. The van der Waals surface area contributed by atoms with Crippen LogP contribution in [0.2, 0.25) is 0 Å². The van der Waals surface area contributed by atoms with Crippen molar-refractivity contribution in [3.05, 3.63) is 53.9 Å². The van der Waals surface area contributed by atoms with Crippen LogP contribution in [-0.2, 0) is 11.8 Å². The average Bonchev–Trinajstić information content (AvgIpc) is 2.88. The molecule has 0 atom stereocenters. The van der Waals surface area contributed by atoms with E-state index in [2.05, 4.69) is 11.1 Å². The van der Waals surface area contributed by atoms with Crippen LogP contribution in [0.4, 0.5) is 0 Å². The number of ether oxygens (including phenoxy) is 1. The number of nitrogens with zero attached hydrogens (tertiary/aromatic N) is 3. The molecule has 5 nitrogen and oxygen atoms in total. The standard InChI is InChI=1S/C18H15N3O2/c1-3-23-18(22)13-8-12(10-20-11-13)17-15(9-19)14-6-4-5-7-16(14)21(17)2/h4-8,10-11H,3H2,1-2H3. The molecule has 23 heavy (non-hydrogen) atoms. The molecule has 5 heteroatoms. The molecule has 114 valence electrons. The van der Waals surface area contributed by atoms with Crippen molar-refractivity contribution in [3.8, 4) is 17.3 Å². The molecule has 0 bridgehead atoms. The van der Waals surface area contributed by atoms with E-state index in [-0.39, 0.29) is 0 Å². The Morgan fingerprint density at radius 3 is 2.87 bits per heavy atom. The lowest BCUT2D eigenvalue weighted by molar-refractivity contribution is 0.0526. The molecule has 1 aromatic carbocycles. The highest BCUT2D eigenvalue weighted by Gasteiger charge is 2.18. The van der Waals surface area contributed by atoms with E-state index in [4.69, 9.17) is 4.74 Å². The summed E-state index contributed by atoms with van der Waals surface area (Å²) in [6, 6.07) is 11.7. The molecule has 0 aliphatic heterocycles. The molecule has 2 heterocycles. The van der Waals surface area contributed by atoms with Crippen LogP contribution in [0.3, 0.4) is 0 Å². The number of fused-ring (bicyclic) bond motifs is 1.